The van der Waals surface area contributed by atoms with Gasteiger partial charge in [-0.3, -0.25) is 0 Å². The molecule has 0 fully saturated rings. The number of nitrogens with zero attached hydrogens (tertiary/aromatic N) is 1. The van der Waals surface area contributed by atoms with Gasteiger partial charge in [-0.05, 0) is 32.4 Å². The van der Waals surface area contributed by atoms with Crippen LogP contribution in [-0.4, -0.2) is 30.9 Å². The zero-order chi connectivity index (χ0) is 8.69. The van der Waals surface area contributed by atoms with E-state index < -0.39 is 0 Å². The molecule has 0 unspecified atom stereocenters. The summed E-state index contributed by atoms with van der Waals surface area (Å²) in [5.41, 5.74) is 0. The van der Waals surface area contributed by atoms with Crippen LogP contribution in [0.4, 0.5) is 0 Å². The molecule has 0 aromatic carbocycles. The van der Waals surface area contributed by atoms with Crippen molar-refractivity contribution in [3.8, 4) is 0 Å². The first-order chi connectivity index (χ1) is 5.16. The Hall–Kier alpha value is 0.250. The predicted octanol–water partition coefficient (Wildman–Crippen LogP) is 2.59. The van der Waals surface area contributed by atoms with Gasteiger partial charge in [0.05, 0.1) is 0 Å². The van der Waals surface area contributed by atoms with E-state index in [0.717, 1.165) is 18.3 Å². The molecule has 0 heterocycles. The van der Waals surface area contributed by atoms with E-state index >= 15 is 0 Å². The van der Waals surface area contributed by atoms with Crippen molar-refractivity contribution in [2.75, 3.05) is 26.0 Å². The topological polar surface area (TPSA) is 3.24 Å². The molecule has 11 heavy (non-hydrogen) atoms. The van der Waals surface area contributed by atoms with Gasteiger partial charge in [0, 0.05) is 12.4 Å². The smallest absolute Gasteiger partial charge is 0.0351 e. The van der Waals surface area contributed by atoms with Crippen molar-refractivity contribution in [1.29, 1.82) is 0 Å². The number of hydrogen-bond donors (Lipinski definition) is 0. The first-order valence-electron chi connectivity index (χ1n) is 4.41. The highest BCUT2D eigenvalue weighted by molar-refractivity contribution is 6.18. The summed E-state index contributed by atoms with van der Waals surface area (Å²) in [6.07, 6.45) is 2.62. The van der Waals surface area contributed by atoms with E-state index in [4.69, 9.17) is 11.6 Å². The summed E-state index contributed by atoms with van der Waals surface area (Å²) >= 11 is 5.60. The van der Waals surface area contributed by atoms with Crippen LogP contribution in [0.15, 0.2) is 0 Å². The van der Waals surface area contributed by atoms with Crippen molar-refractivity contribution < 1.29 is 0 Å². The third-order valence-corrected chi connectivity index (χ3v) is 1.96. The maximum Gasteiger partial charge on any atom is 0.0351 e. The molecule has 0 atom stereocenters. The van der Waals surface area contributed by atoms with Crippen LogP contribution < -0.4 is 0 Å². The average Bonchev–Trinajstić information content (AvgIpc) is 1.87. The van der Waals surface area contributed by atoms with E-state index in [9.17, 15) is 0 Å². The molecule has 0 bridgehead atoms. The summed E-state index contributed by atoms with van der Waals surface area (Å²) in [6.45, 7) is 6.73. The van der Waals surface area contributed by atoms with E-state index in [1.807, 2.05) is 0 Å². The van der Waals surface area contributed by atoms with Crippen LogP contribution >= 0.6 is 11.6 Å². The molecular formula is C9H20ClN. The fraction of sp³-hybridized carbons (Fsp3) is 1.00. The normalized spacial score (nSPS) is 11.5. The van der Waals surface area contributed by atoms with Gasteiger partial charge in [-0.1, -0.05) is 13.8 Å². The van der Waals surface area contributed by atoms with Gasteiger partial charge < -0.3 is 4.90 Å². The molecule has 68 valence electrons. The third-order valence-electron chi connectivity index (χ3n) is 1.79. The first-order valence-corrected chi connectivity index (χ1v) is 4.94. The highest BCUT2D eigenvalue weighted by atomic mass is 35.5. The Bertz CT molecular complexity index is 83.6. The minimum absolute atomic E-state index is 0.748. The third kappa shape index (κ3) is 8.15. The fourth-order valence-corrected chi connectivity index (χ4v) is 1.31. The number of alkyl halides is 1. The lowest BCUT2D eigenvalue weighted by Gasteiger charge is -2.14. The molecule has 0 aliphatic rings. The van der Waals surface area contributed by atoms with Crippen LogP contribution in [0.1, 0.15) is 26.7 Å². The Morgan fingerprint density at radius 2 is 1.91 bits per heavy atom. The van der Waals surface area contributed by atoms with E-state index in [2.05, 4.69) is 25.8 Å². The Labute approximate surface area is 75.7 Å². The number of rotatable bonds is 6. The summed E-state index contributed by atoms with van der Waals surface area (Å²) in [4.78, 5) is 2.29. The van der Waals surface area contributed by atoms with E-state index in [-0.39, 0.29) is 0 Å². The SMILES string of the molecule is CC(C)CCCN(C)CCCl. The van der Waals surface area contributed by atoms with E-state index in [1.165, 1.54) is 19.4 Å². The molecule has 0 radical (unpaired) electrons. The molecule has 0 rings (SSSR count). The summed E-state index contributed by atoms with van der Waals surface area (Å²) < 4.78 is 0. The second-order valence-electron chi connectivity index (χ2n) is 3.53. The maximum atomic E-state index is 5.60. The summed E-state index contributed by atoms with van der Waals surface area (Å²) in [7, 11) is 2.13. The lowest BCUT2D eigenvalue weighted by molar-refractivity contribution is 0.335. The molecule has 0 aliphatic carbocycles. The minimum Gasteiger partial charge on any atom is -0.305 e. The standard InChI is InChI=1S/C9H20ClN/c1-9(2)5-4-7-11(3)8-6-10/h9H,4-8H2,1-3H3. The van der Waals surface area contributed by atoms with Crippen LogP contribution in [0.25, 0.3) is 0 Å². The summed E-state index contributed by atoms with van der Waals surface area (Å²) in [6, 6.07) is 0. The van der Waals surface area contributed by atoms with Crippen molar-refractivity contribution >= 4 is 11.6 Å². The van der Waals surface area contributed by atoms with Crippen LogP contribution in [0, 0.1) is 5.92 Å². The molecule has 0 N–H and O–H groups in total. The van der Waals surface area contributed by atoms with Gasteiger partial charge in [-0.2, -0.15) is 0 Å². The first kappa shape index (κ1) is 11.2. The highest BCUT2D eigenvalue weighted by Gasteiger charge is 1.97. The van der Waals surface area contributed by atoms with Gasteiger partial charge in [0.1, 0.15) is 0 Å². The molecular weight excluding hydrogens is 158 g/mol. The lowest BCUT2D eigenvalue weighted by Crippen LogP contribution is -2.22. The van der Waals surface area contributed by atoms with Crippen molar-refractivity contribution in [2.45, 2.75) is 26.7 Å². The van der Waals surface area contributed by atoms with Crippen molar-refractivity contribution in [1.82, 2.24) is 4.90 Å². The van der Waals surface area contributed by atoms with Crippen LogP contribution in [0.3, 0.4) is 0 Å². The largest absolute Gasteiger partial charge is 0.305 e. The Kier molecular flexibility index (Phi) is 7.09. The fourth-order valence-electron chi connectivity index (χ4n) is 1.03. The second-order valence-corrected chi connectivity index (χ2v) is 3.91. The zero-order valence-corrected chi connectivity index (χ0v) is 8.69. The molecule has 1 nitrogen and oxygen atoms in total. The van der Waals surface area contributed by atoms with Crippen molar-refractivity contribution in [2.24, 2.45) is 5.92 Å². The zero-order valence-electron chi connectivity index (χ0n) is 7.94. The van der Waals surface area contributed by atoms with Gasteiger partial charge in [0.15, 0.2) is 0 Å². The Morgan fingerprint density at radius 1 is 1.27 bits per heavy atom. The molecule has 0 aliphatic heterocycles. The van der Waals surface area contributed by atoms with Gasteiger partial charge in [-0.25, -0.2) is 0 Å². The highest BCUT2D eigenvalue weighted by Crippen LogP contribution is 2.03. The van der Waals surface area contributed by atoms with Crippen molar-refractivity contribution in [3.05, 3.63) is 0 Å². The van der Waals surface area contributed by atoms with Crippen LogP contribution in [-0.2, 0) is 0 Å². The average molecular weight is 178 g/mol. The van der Waals surface area contributed by atoms with Crippen LogP contribution in [0.2, 0.25) is 0 Å². The number of halogens is 1. The molecule has 0 amide bonds. The molecule has 0 aromatic rings. The molecule has 2 heteroatoms. The summed E-state index contributed by atoms with van der Waals surface area (Å²) in [5, 5.41) is 0. The van der Waals surface area contributed by atoms with Gasteiger partial charge in [-0.15, -0.1) is 11.6 Å². The maximum absolute atomic E-state index is 5.60. The van der Waals surface area contributed by atoms with E-state index in [1.54, 1.807) is 0 Å². The second kappa shape index (κ2) is 6.93. The van der Waals surface area contributed by atoms with Gasteiger partial charge in [0.2, 0.25) is 0 Å². The lowest BCUT2D eigenvalue weighted by atomic mass is 10.1. The predicted molar refractivity (Wildman–Crippen MR) is 52.3 cm³/mol. The molecule has 0 spiro atoms. The Morgan fingerprint density at radius 3 is 2.36 bits per heavy atom. The van der Waals surface area contributed by atoms with E-state index in [0.29, 0.717) is 0 Å². The summed E-state index contributed by atoms with van der Waals surface area (Å²) in [5.74, 6) is 1.58. The monoisotopic (exact) mass is 177 g/mol. The quantitative estimate of drug-likeness (QED) is 0.564. The molecule has 0 saturated heterocycles. The minimum atomic E-state index is 0.748. The van der Waals surface area contributed by atoms with Gasteiger partial charge >= 0.3 is 0 Å². The van der Waals surface area contributed by atoms with Crippen LogP contribution in [0.5, 0.6) is 0 Å². The Balaban J connectivity index is 3.10. The van der Waals surface area contributed by atoms with Crippen molar-refractivity contribution in [3.63, 3.8) is 0 Å². The molecule has 0 aromatic heterocycles. The number of hydrogen-bond acceptors (Lipinski definition) is 1. The molecule has 0 saturated carbocycles. The van der Waals surface area contributed by atoms with Gasteiger partial charge in [0.25, 0.3) is 0 Å².